The van der Waals surface area contributed by atoms with Gasteiger partial charge in [-0.3, -0.25) is 9.78 Å². The smallest absolute Gasteiger partial charge is 0.306 e. The number of pyridine rings is 1. The summed E-state index contributed by atoms with van der Waals surface area (Å²) in [6.07, 6.45) is 5.50. The molecule has 1 fully saturated rings. The molecule has 1 saturated carbocycles. The van der Waals surface area contributed by atoms with Gasteiger partial charge in [0, 0.05) is 29.3 Å². The lowest BCUT2D eigenvalue weighted by molar-refractivity contribution is -0.143. The molecule has 0 saturated heterocycles. The first-order valence-corrected chi connectivity index (χ1v) is 13.2. The molecule has 0 amide bonds. The van der Waals surface area contributed by atoms with E-state index in [9.17, 15) is 9.18 Å². The van der Waals surface area contributed by atoms with E-state index in [1.54, 1.807) is 31.3 Å². The molecule has 0 N–H and O–H groups in total. The molecule has 4 rings (SSSR count). The third-order valence-electron chi connectivity index (χ3n) is 6.31. The number of hydrogen-bond donors (Lipinski definition) is 0. The van der Waals surface area contributed by atoms with Gasteiger partial charge in [-0.05, 0) is 55.4 Å². The van der Waals surface area contributed by atoms with Crippen molar-refractivity contribution in [3.63, 3.8) is 0 Å². The number of aromatic nitrogens is 3. The highest BCUT2D eigenvalue weighted by Crippen LogP contribution is 2.44. The first kappa shape index (κ1) is 28.3. The normalized spacial score (nSPS) is 14.0. The highest BCUT2D eigenvalue weighted by atomic mass is 19.1. The molecule has 0 spiro atoms. The second-order valence-corrected chi connectivity index (χ2v) is 10.9. The minimum atomic E-state index is -0.422. The monoisotopic (exact) mass is 537 g/mol. The second kappa shape index (κ2) is 12.4. The van der Waals surface area contributed by atoms with Crippen LogP contribution in [-0.4, -0.2) is 41.2 Å². The van der Waals surface area contributed by atoms with Crippen molar-refractivity contribution < 1.29 is 28.1 Å². The lowest BCUT2D eigenvalue weighted by Crippen LogP contribution is -2.17. The summed E-state index contributed by atoms with van der Waals surface area (Å²) < 4.78 is 37.3. The van der Waals surface area contributed by atoms with Crippen LogP contribution in [0.15, 0.2) is 42.9 Å². The number of carbonyl (C=O) groups is 1. The fourth-order valence-electron chi connectivity index (χ4n) is 4.19. The predicted molar refractivity (Wildman–Crippen MR) is 144 cm³/mol. The lowest BCUT2D eigenvalue weighted by atomic mass is 9.95. The maximum Gasteiger partial charge on any atom is 0.306 e. The van der Waals surface area contributed by atoms with Crippen molar-refractivity contribution in [2.75, 3.05) is 20.3 Å². The van der Waals surface area contributed by atoms with Crippen molar-refractivity contribution >= 4 is 5.97 Å². The SMILES string of the molecule is CCOC(=O)CC(c1cc(OCc2cnc(-c3cc(OC)ccc3F)c(OCC(C)(C)C)c2)ncn1)C1CC1. The van der Waals surface area contributed by atoms with Crippen LogP contribution in [0.4, 0.5) is 4.39 Å². The van der Waals surface area contributed by atoms with E-state index in [4.69, 9.17) is 18.9 Å². The molecule has 3 aromatic rings. The molecule has 1 unspecified atom stereocenters. The number of rotatable bonds is 12. The van der Waals surface area contributed by atoms with Crippen LogP contribution >= 0.6 is 0 Å². The van der Waals surface area contributed by atoms with Crippen LogP contribution in [0.3, 0.4) is 0 Å². The molecule has 9 heteroatoms. The summed E-state index contributed by atoms with van der Waals surface area (Å²) in [4.78, 5) is 25.4. The van der Waals surface area contributed by atoms with E-state index in [-0.39, 0.29) is 30.3 Å². The highest BCUT2D eigenvalue weighted by Gasteiger charge is 2.35. The zero-order chi connectivity index (χ0) is 28.0. The van der Waals surface area contributed by atoms with E-state index >= 15 is 0 Å². The Bertz CT molecular complexity index is 1290. The van der Waals surface area contributed by atoms with Crippen molar-refractivity contribution in [1.82, 2.24) is 15.0 Å². The van der Waals surface area contributed by atoms with Crippen LogP contribution in [0.25, 0.3) is 11.3 Å². The minimum Gasteiger partial charge on any atom is -0.497 e. The Labute approximate surface area is 228 Å². The Morgan fingerprint density at radius 3 is 2.59 bits per heavy atom. The van der Waals surface area contributed by atoms with Gasteiger partial charge in [0.05, 0.1) is 32.4 Å². The maximum atomic E-state index is 14.8. The molecular formula is C30H36FN3O5. The molecule has 208 valence electrons. The Hall–Kier alpha value is -3.75. The van der Waals surface area contributed by atoms with Crippen molar-refractivity contribution in [2.24, 2.45) is 11.3 Å². The van der Waals surface area contributed by atoms with Gasteiger partial charge in [0.25, 0.3) is 0 Å². The van der Waals surface area contributed by atoms with Crippen LogP contribution < -0.4 is 14.2 Å². The number of hydrogen-bond acceptors (Lipinski definition) is 8. The molecule has 0 aliphatic heterocycles. The van der Waals surface area contributed by atoms with Crippen LogP contribution in [0.1, 0.15) is 64.1 Å². The van der Waals surface area contributed by atoms with Crippen molar-refractivity contribution in [3.8, 4) is 28.6 Å². The summed E-state index contributed by atoms with van der Waals surface area (Å²) in [6.45, 7) is 8.91. The van der Waals surface area contributed by atoms with E-state index in [2.05, 4.69) is 35.7 Å². The van der Waals surface area contributed by atoms with Crippen LogP contribution in [-0.2, 0) is 16.1 Å². The Kier molecular flexibility index (Phi) is 8.99. The van der Waals surface area contributed by atoms with Crippen LogP contribution in [0.5, 0.6) is 17.4 Å². The van der Waals surface area contributed by atoms with E-state index in [1.807, 2.05) is 6.07 Å². The predicted octanol–water partition coefficient (Wildman–Crippen LogP) is 6.14. The number of ether oxygens (including phenoxy) is 4. The number of benzene rings is 1. The summed E-state index contributed by atoms with van der Waals surface area (Å²) in [6, 6.07) is 8.11. The van der Waals surface area contributed by atoms with Crippen LogP contribution in [0.2, 0.25) is 0 Å². The molecule has 0 radical (unpaired) electrons. The van der Waals surface area contributed by atoms with E-state index < -0.39 is 5.82 Å². The molecule has 1 aliphatic rings. The third kappa shape index (κ3) is 7.88. The largest absolute Gasteiger partial charge is 0.497 e. The summed E-state index contributed by atoms with van der Waals surface area (Å²) in [7, 11) is 1.53. The molecule has 1 atom stereocenters. The third-order valence-corrected chi connectivity index (χ3v) is 6.31. The fourth-order valence-corrected chi connectivity index (χ4v) is 4.19. The first-order chi connectivity index (χ1) is 18.7. The van der Waals surface area contributed by atoms with Gasteiger partial charge in [-0.25, -0.2) is 14.4 Å². The van der Waals surface area contributed by atoms with Gasteiger partial charge < -0.3 is 18.9 Å². The lowest BCUT2D eigenvalue weighted by Gasteiger charge is -2.21. The molecular weight excluding hydrogens is 501 g/mol. The Balaban J connectivity index is 1.54. The minimum absolute atomic E-state index is 0.0227. The molecule has 2 heterocycles. The number of nitrogens with zero attached hydrogens (tertiary/aromatic N) is 3. The quantitative estimate of drug-likeness (QED) is 0.255. The fraction of sp³-hybridized carbons (Fsp3) is 0.467. The summed E-state index contributed by atoms with van der Waals surface area (Å²) in [5, 5.41) is 0. The second-order valence-electron chi connectivity index (χ2n) is 10.9. The molecule has 1 aliphatic carbocycles. The summed E-state index contributed by atoms with van der Waals surface area (Å²) in [5.41, 5.74) is 2.06. The Morgan fingerprint density at radius 2 is 1.90 bits per heavy atom. The van der Waals surface area contributed by atoms with Gasteiger partial charge >= 0.3 is 5.97 Å². The molecule has 0 bridgehead atoms. The van der Waals surface area contributed by atoms with E-state index in [0.29, 0.717) is 47.8 Å². The number of esters is 1. The standard InChI is InChI=1S/C30H36FN3O5/c1-6-37-28(35)13-22(20-7-8-20)25-14-27(34-18-33-25)38-16-19-11-26(39-17-30(2,3)4)29(32-15-19)23-12-21(36-5)9-10-24(23)31/h9-12,14-15,18,20,22H,6-8,13,16-17H2,1-5H3. The number of methoxy groups -OCH3 is 1. The zero-order valence-electron chi connectivity index (χ0n) is 23.2. The average molecular weight is 538 g/mol. The van der Waals surface area contributed by atoms with Gasteiger partial charge in [-0.2, -0.15) is 0 Å². The maximum absolute atomic E-state index is 14.8. The van der Waals surface area contributed by atoms with Gasteiger partial charge in [0.2, 0.25) is 5.88 Å². The van der Waals surface area contributed by atoms with Crippen molar-refractivity contribution in [2.45, 2.75) is 59.5 Å². The molecule has 39 heavy (non-hydrogen) atoms. The Morgan fingerprint density at radius 1 is 1.10 bits per heavy atom. The number of halogens is 1. The first-order valence-electron chi connectivity index (χ1n) is 13.2. The van der Waals surface area contributed by atoms with Crippen molar-refractivity contribution in [3.05, 3.63) is 59.9 Å². The molecule has 1 aromatic carbocycles. The van der Waals surface area contributed by atoms with Gasteiger partial charge in [0.15, 0.2) is 0 Å². The topological polar surface area (TPSA) is 92.7 Å². The average Bonchev–Trinajstić information content (AvgIpc) is 3.75. The molecule has 2 aromatic heterocycles. The molecule has 8 nitrogen and oxygen atoms in total. The van der Waals surface area contributed by atoms with Crippen LogP contribution in [0, 0.1) is 17.2 Å². The van der Waals surface area contributed by atoms with Gasteiger partial charge in [-0.15, -0.1) is 0 Å². The van der Waals surface area contributed by atoms with E-state index in [1.165, 1.54) is 19.5 Å². The number of carbonyl (C=O) groups excluding carboxylic acids is 1. The van der Waals surface area contributed by atoms with Gasteiger partial charge in [-0.1, -0.05) is 20.8 Å². The van der Waals surface area contributed by atoms with Crippen molar-refractivity contribution in [1.29, 1.82) is 0 Å². The van der Waals surface area contributed by atoms with Gasteiger partial charge in [0.1, 0.15) is 35.9 Å². The van der Waals surface area contributed by atoms with E-state index in [0.717, 1.165) is 24.1 Å². The highest BCUT2D eigenvalue weighted by molar-refractivity contribution is 5.70. The summed E-state index contributed by atoms with van der Waals surface area (Å²) in [5.74, 6) is 1.11. The zero-order valence-corrected chi connectivity index (χ0v) is 23.2. The summed E-state index contributed by atoms with van der Waals surface area (Å²) >= 11 is 0.